The molecule has 9 heteroatoms. The number of ether oxygens (including phenoxy) is 2. The molecule has 1 aromatic rings. The summed E-state index contributed by atoms with van der Waals surface area (Å²) < 4.78 is 10.9. The van der Waals surface area contributed by atoms with Gasteiger partial charge >= 0.3 is 0 Å². The van der Waals surface area contributed by atoms with E-state index in [1.54, 1.807) is 0 Å². The Labute approximate surface area is 123 Å². The van der Waals surface area contributed by atoms with Crippen LogP contribution in [0.15, 0.2) is 0 Å². The lowest BCUT2D eigenvalue weighted by Gasteiger charge is -2.27. The Morgan fingerprint density at radius 3 is 2.57 bits per heavy atom. The van der Waals surface area contributed by atoms with Crippen molar-refractivity contribution in [1.82, 2.24) is 15.0 Å². The molecule has 2 unspecified atom stereocenters. The van der Waals surface area contributed by atoms with E-state index in [1.807, 2.05) is 6.92 Å². The van der Waals surface area contributed by atoms with Crippen molar-refractivity contribution in [3.63, 3.8) is 0 Å². The minimum absolute atomic E-state index is 0.142. The van der Waals surface area contributed by atoms with Crippen molar-refractivity contribution in [2.75, 3.05) is 48.6 Å². The molecule has 3 rings (SSSR count). The number of hydrogen-bond acceptors (Lipinski definition) is 9. The number of nitrogens with one attached hydrogen (secondary N) is 2. The molecule has 0 aromatic carbocycles. The summed E-state index contributed by atoms with van der Waals surface area (Å²) in [5.41, 5.74) is 2.49. The maximum atomic E-state index is 5.54. The van der Waals surface area contributed by atoms with Crippen LogP contribution < -0.4 is 21.5 Å². The Bertz CT molecular complexity index is 481. The molecule has 4 N–H and O–H groups in total. The zero-order valence-corrected chi connectivity index (χ0v) is 12.1. The first-order chi connectivity index (χ1) is 10.3. The molecule has 1 aromatic heterocycles. The number of anilines is 3. The van der Waals surface area contributed by atoms with Crippen LogP contribution in [0.4, 0.5) is 17.8 Å². The van der Waals surface area contributed by atoms with E-state index in [4.69, 9.17) is 15.3 Å². The fourth-order valence-electron chi connectivity index (χ4n) is 2.49. The molecule has 2 aliphatic heterocycles. The Hall–Kier alpha value is -1.71. The third kappa shape index (κ3) is 3.31. The number of rotatable bonds is 4. The fourth-order valence-corrected chi connectivity index (χ4v) is 2.49. The first-order valence-electron chi connectivity index (χ1n) is 7.20. The molecule has 3 heterocycles. The molecule has 0 radical (unpaired) electrons. The number of hydrogen-bond donors (Lipinski definition) is 3. The maximum Gasteiger partial charge on any atom is 0.243 e. The number of hydrazine groups is 1. The lowest BCUT2D eigenvalue weighted by Crippen LogP contribution is -2.38. The average molecular weight is 295 g/mol. The normalized spacial score (nSPS) is 25.9. The van der Waals surface area contributed by atoms with Gasteiger partial charge in [0.25, 0.3) is 0 Å². The predicted octanol–water partition coefficient (Wildman–Crippen LogP) is -0.417. The van der Waals surface area contributed by atoms with Crippen molar-refractivity contribution < 1.29 is 9.47 Å². The number of nitrogen functional groups attached to an aromatic ring is 1. The second-order valence-electron chi connectivity index (χ2n) is 5.14. The highest BCUT2D eigenvalue weighted by Crippen LogP contribution is 2.19. The van der Waals surface area contributed by atoms with Gasteiger partial charge in [0.2, 0.25) is 17.8 Å². The highest BCUT2D eigenvalue weighted by atomic mass is 16.5. The van der Waals surface area contributed by atoms with Gasteiger partial charge in [-0.3, -0.25) is 5.43 Å². The van der Waals surface area contributed by atoms with Crippen LogP contribution in [0.2, 0.25) is 0 Å². The summed E-state index contributed by atoms with van der Waals surface area (Å²) in [6, 6.07) is 0.204. The molecule has 0 aliphatic carbocycles. The van der Waals surface area contributed by atoms with Gasteiger partial charge in [0, 0.05) is 19.7 Å². The van der Waals surface area contributed by atoms with Crippen LogP contribution in [0.1, 0.15) is 13.3 Å². The van der Waals surface area contributed by atoms with Gasteiger partial charge < -0.3 is 19.7 Å². The SMILES string of the molecule is CC1OCCC1Nc1nc(NN)nc(N2CCOCC2)n1. The second-order valence-corrected chi connectivity index (χ2v) is 5.14. The Morgan fingerprint density at radius 1 is 1.14 bits per heavy atom. The Balaban J connectivity index is 1.78. The predicted molar refractivity (Wildman–Crippen MR) is 78.1 cm³/mol. The van der Waals surface area contributed by atoms with Crippen molar-refractivity contribution in [3.8, 4) is 0 Å². The summed E-state index contributed by atoms with van der Waals surface area (Å²) in [6.07, 6.45) is 1.08. The lowest BCUT2D eigenvalue weighted by molar-refractivity contribution is 0.121. The number of nitrogens with zero attached hydrogens (tertiary/aromatic N) is 4. The van der Waals surface area contributed by atoms with Gasteiger partial charge in [0.15, 0.2) is 0 Å². The molecular weight excluding hydrogens is 274 g/mol. The average Bonchev–Trinajstić information content (AvgIpc) is 2.93. The minimum atomic E-state index is 0.142. The molecule has 0 amide bonds. The summed E-state index contributed by atoms with van der Waals surface area (Å²) in [6.45, 7) is 5.66. The van der Waals surface area contributed by atoms with Crippen LogP contribution in [0, 0.1) is 0 Å². The van der Waals surface area contributed by atoms with Crippen molar-refractivity contribution in [2.45, 2.75) is 25.5 Å². The number of nitrogens with two attached hydrogens (primary N) is 1. The molecule has 2 aliphatic rings. The highest BCUT2D eigenvalue weighted by Gasteiger charge is 2.25. The van der Waals surface area contributed by atoms with E-state index in [1.165, 1.54) is 0 Å². The van der Waals surface area contributed by atoms with E-state index in [0.717, 1.165) is 26.1 Å². The summed E-state index contributed by atoms with van der Waals surface area (Å²) in [5, 5.41) is 3.30. The zero-order chi connectivity index (χ0) is 14.7. The van der Waals surface area contributed by atoms with Gasteiger partial charge in [-0.25, -0.2) is 5.84 Å². The van der Waals surface area contributed by atoms with Crippen molar-refractivity contribution in [1.29, 1.82) is 0 Å². The van der Waals surface area contributed by atoms with Gasteiger partial charge in [0.05, 0.1) is 25.4 Å². The molecule has 2 atom stereocenters. The molecule has 2 saturated heterocycles. The molecule has 21 heavy (non-hydrogen) atoms. The zero-order valence-electron chi connectivity index (χ0n) is 12.1. The van der Waals surface area contributed by atoms with E-state index < -0.39 is 0 Å². The third-order valence-corrected chi connectivity index (χ3v) is 3.74. The van der Waals surface area contributed by atoms with Crippen LogP contribution in [0.3, 0.4) is 0 Å². The highest BCUT2D eigenvalue weighted by molar-refractivity contribution is 5.44. The van der Waals surface area contributed by atoms with E-state index in [-0.39, 0.29) is 12.1 Å². The maximum absolute atomic E-state index is 5.54. The molecular formula is C12H21N7O2. The smallest absolute Gasteiger partial charge is 0.243 e. The summed E-state index contributed by atoms with van der Waals surface area (Å²) in [5.74, 6) is 6.92. The van der Waals surface area contributed by atoms with Crippen LogP contribution in [0.5, 0.6) is 0 Å². The summed E-state index contributed by atoms with van der Waals surface area (Å²) in [4.78, 5) is 15.1. The number of morpholine rings is 1. The van der Waals surface area contributed by atoms with E-state index >= 15 is 0 Å². The van der Waals surface area contributed by atoms with Crippen molar-refractivity contribution in [3.05, 3.63) is 0 Å². The summed E-state index contributed by atoms with van der Waals surface area (Å²) >= 11 is 0. The molecule has 0 bridgehead atoms. The largest absolute Gasteiger partial charge is 0.378 e. The standard InChI is InChI=1S/C12H21N7O2/c1-8-9(2-5-21-8)14-10-15-11(18-13)17-12(16-10)19-3-6-20-7-4-19/h8-9H,2-7,13H2,1H3,(H2,14,15,16,17,18). The van der Waals surface area contributed by atoms with Gasteiger partial charge in [-0.15, -0.1) is 0 Å². The van der Waals surface area contributed by atoms with Crippen LogP contribution in [0.25, 0.3) is 0 Å². The van der Waals surface area contributed by atoms with E-state index in [9.17, 15) is 0 Å². The molecule has 2 fully saturated rings. The van der Waals surface area contributed by atoms with Crippen LogP contribution in [-0.2, 0) is 9.47 Å². The van der Waals surface area contributed by atoms with Gasteiger partial charge in [0.1, 0.15) is 0 Å². The van der Waals surface area contributed by atoms with Crippen molar-refractivity contribution >= 4 is 17.8 Å². The topological polar surface area (TPSA) is 110 Å². The first-order valence-corrected chi connectivity index (χ1v) is 7.20. The quantitative estimate of drug-likeness (QED) is 0.504. The van der Waals surface area contributed by atoms with Crippen LogP contribution >= 0.6 is 0 Å². The molecule has 116 valence electrons. The monoisotopic (exact) mass is 295 g/mol. The van der Waals surface area contributed by atoms with Gasteiger partial charge in [-0.1, -0.05) is 0 Å². The first kappa shape index (κ1) is 14.2. The molecule has 0 saturated carbocycles. The minimum Gasteiger partial charge on any atom is -0.378 e. The molecule has 0 spiro atoms. The second kappa shape index (κ2) is 6.37. The van der Waals surface area contributed by atoms with Crippen LogP contribution in [-0.4, -0.2) is 60.0 Å². The Morgan fingerprint density at radius 2 is 1.90 bits per heavy atom. The van der Waals surface area contributed by atoms with E-state index in [0.29, 0.717) is 31.1 Å². The summed E-state index contributed by atoms with van der Waals surface area (Å²) in [7, 11) is 0. The van der Waals surface area contributed by atoms with E-state index in [2.05, 4.69) is 30.6 Å². The number of aromatic nitrogens is 3. The van der Waals surface area contributed by atoms with Gasteiger partial charge in [-0.2, -0.15) is 15.0 Å². The van der Waals surface area contributed by atoms with Crippen molar-refractivity contribution in [2.24, 2.45) is 5.84 Å². The Kier molecular flexibility index (Phi) is 4.32. The molecule has 9 nitrogen and oxygen atoms in total. The lowest BCUT2D eigenvalue weighted by atomic mass is 10.2. The third-order valence-electron chi connectivity index (χ3n) is 3.74. The fraction of sp³-hybridized carbons (Fsp3) is 0.750. The van der Waals surface area contributed by atoms with Gasteiger partial charge in [-0.05, 0) is 13.3 Å².